The number of amides is 2. The maximum Gasteiger partial charge on any atom is 0.266 e. The molecule has 0 unspecified atom stereocenters. The molecule has 19 heavy (non-hydrogen) atoms. The Balaban J connectivity index is 2.16. The van der Waals surface area contributed by atoms with E-state index in [1.807, 2.05) is 0 Å². The predicted octanol–water partition coefficient (Wildman–Crippen LogP) is 2.23. The Bertz CT molecular complexity index is 715. The van der Waals surface area contributed by atoms with Crippen LogP contribution >= 0.6 is 15.9 Å². The van der Waals surface area contributed by atoms with Crippen LogP contribution in [0, 0.1) is 0 Å². The highest BCUT2D eigenvalue weighted by Gasteiger charge is 2.37. The van der Waals surface area contributed by atoms with Gasteiger partial charge in [0.1, 0.15) is 0 Å². The number of rotatable bonds is 1. The van der Waals surface area contributed by atoms with Crippen molar-refractivity contribution in [1.29, 1.82) is 0 Å². The molecule has 94 valence electrons. The minimum absolute atomic E-state index is 0.288. The van der Waals surface area contributed by atoms with Gasteiger partial charge in [0.2, 0.25) is 0 Å². The van der Waals surface area contributed by atoms with E-state index in [4.69, 9.17) is 5.73 Å². The first-order valence-corrected chi connectivity index (χ1v) is 6.26. The van der Waals surface area contributed by atoms with Gasteiger partial charge in [0.15, 0.2) is 0 Å². The fourth-order valence-electron chi connectivity index (χ4n) is 2.03. The summed E-state index contributed by atoms with van der Waals surface area (Å²) in [5.74, 6) is -0.746. The van der Waals surface area contributed by atoms with Gasteiger partial charge in [0.25, 0.3) is 11.8 Å². The lowest BCUT2D eigenvalue weighted by atomic mass is 10.1. The van der Waals surface area contributed by atoms with Gasteiger partial charge < -0.3 is 5.73 Å². The summed E-state index contributed by atoms with van der Waals surface area (Å²) in [6.07, 6.45) is 2.90. The van der Waals surface area contributed by atoms with E-state index in [0.717, 1.165) is 9.37 Å². The van der Waals surface area contributed by atoms with Crippen molar-refractivity contribution in [1.82, 2.24) is 4.98 Å². The van der Waals surface area contributed by atoms with Crippen LogP contribution in [0.5, 0.6) is 0 Å². The van der Waals surface area contributed by atoms with Crippen LogP contribution in [0.15, 0.2) is 41.1 Å². The molecular formula is C13H8BrN3O2. The minimum atomic E-state index is -0.376. The van der Waals surface area contributed by atoms with Crippen molar-refractivity contribution in [3.8, 4) is 0 Å². The maximum absolute atomic E-state index is 12.3. The highest BCUT2D eigenvalue weighted by Crippen LogP contribution is 2.32. The summed E-state index contributed by atoms with van der Waals surface area (Å²) in [5, 5.41) is 0. The second-order valence-electron chi connectivity index (χ2n) is 4.07. The van der Waals surface area contributed by atoms with E-state index < -0.39 is 0 Å². The molecule has 2 amide bonds. The Hall–Kier alpha value is -2.21. The number of nitrogens with zero attached hydrogens (tertiary/aromatic N) is 2. The Morgan fingerprint density at radius 3 is 2.58 bits per heavy atom. The predicted molar refractivity (Wildman–Crippen MR) is 73.9 cm³/mol. The molecular weight excluding hydrogens is 310 g/mol. The van der Waals surface area contributed by atoms with E-state index in [2.05, 4.69) is 20.9 Å². The number of nitrogens with two attached hydrogens (primary N) is 1. The maximum atomic E-state index is 12.3. The fourth-order valence-corrected chi connectivity index (χ4v) is 2.40. The lowest BCUT2D eigenvalue weighted by Gasteiger charge is -2.15. The molecule has 0 fully saturated rings. The number of pyridine rings is 1. The molecule has 1 aliphatic heterocycles. The molecule has 6 heteroatoms. The molecule has 0 spiro atoms. The van der Waals surface area contributed by atoms with E-state index in [9.17, 15) is 9.59 Å². The van der Waals surface area contributed by atoms with Crippen molar-refractivity contribution >= 4 is 39.1 Å². The second-order valence-corrected chi connectivity index (χ2v) is 4.99. The van der Waals surface area contributed by atoms with Gasteiger partial charge in [-0.15, -0.1) is 0 Å². The average molecular weight is 318 g/mol. The molecule has 0 radical (unpaired) electrons. The molecule has 3 rings (SSSR count). The van der Waals surface area contributed by atoms with Crippen LogP contribution in [0.3, 0.4) is 0 Å². The number of hydrogen-bond donors (Lipinski definition) is 1. The largest absolute Gasteiger partial charge is 0.396 e. The zero-order chi connectivity index (χ0) is 13.6. The number of halogens is 1. The zero-order valence-electron chi connectivity index (χ0n) is 9.63. The molecule has 2 heterocycles. The number of anilines is 2. The van der Waals surface area contributed by atoms with Crippen molar-refractivity contribution in [3.05, 3.63) is 52.3 Å². The van der Waals surface area contributed by atoms with Gasteiger partial charge in [-0.1, -0.05) is 15.9 Å². The molecule has 5 nitrogen and oxygen atoms in total. The average Bonchev–Trinajstić information content (AvgIpc) is 2.63. The lowest BCUT2D eigenvalue weighted by molar-refractivity contribution is 0.0926. The van der Waals surface area contributed by atoms with Crippen molar-refractivity contribution in [2.45, 2.75) is 0 Å². The van der Waals surface area contributed by atoms with Crippen molar-refractivity contribution in [2.75, 3.05) is 10.6 Å². The minimum Gasteiger partial charge on any atom is -0.396 e. The Morgan fingerprint density at radius 1 is 1.11 bits per heavy atom. The van der Waals surface area contributed by atoms with Crippen LogP contribution in [0.1, 0.15) is 20.7 Å². The molecule has 1 aliphatic rings. The first-order chi connectivity index (χ1) is 9.09. The zero-order valence-corrected chi connectivity index (χ0v) is 11.2. The summed E-state index contributed by atoms with van der Waals surface area (Å²) < 4.78 is 0.747. The van der Waals surface area contributed by atoms with Crippen molar-refractivity contribution in [2.24, 2.45) is 0 Å². The van der Waals surface area contributed by atoms with Gasteiger partial charge in [-0.2, -0.15) is 0 Å². The van der Waals surface area contributed by atoms with Gasteiger partial charge in [-0.05, 0) is 24.3 Å². The molecule has 0 aliphatic carbocycles. The van der Waals surface area contributed by atoms with Crippen LogP contribution in [0.2, 0.25) is 0 Å². The van der Waals surface area contributed by atoms with Crippen LogP contribution in [-0.2, 0) is 0 Å². The molecule has 0 atom stereocenters. The molecule has 0 bridgehead atoms. The van der Waals surface area contributed by atoms with Crippen LogP contribution < -0.4 is 10.6 Å². The molecule has 2 N–H and O–H groups in total. The number of hydrogen-bond acceptors (Lipinski definition) is 4. The van der Waals surface area contributed by atoms with Crippen LogP contribution in [0.25, 0.3) is 0 Å². The third-order valence-corrected chi connectivity index (χ3v) is 3.41. The summed E-state index contributed by atoms with van der Waals surface area (Å²) in [5.41, 5.74) is 7.17. The van der Waals surface area contributed by atoms with Gasteiger partial charge >= 0.3 is 0 Å². The summed E-state index contributed by atoms with van der Waals surface area (Å²) in [6, 6.07) is 6.53. The first-order valence-electron chi connectivity index (χ1n) is 5.47. The van der Waals surface area contributed by atoms with E-state index in [0.29, 0.717) is 16.8 Å². The molecule has 1 aromatic heterocycles. The van der Waals surface area contributed by atoms with Crippen LogP contribution in [-0.4, -0.2) is 16.8 Å². The molecule has 2 aromatic rings. The number of carbonyl (C=O) groups is 2. The second kappa shape index (κ2) is 4.17. The Labute approximate surface area is 117 Å². The van der Waals surface area contributed by atoms with E-state index in [1.165, 1.54) is 12.4 Å². The first kappa shape index (κ1) is 11.9. The van der Waals surface area contributed by atoms with Gasteiger partial charge in [0, 0.05) is 10.7 Å². The van der Waals surface area contributed by atoms with Crippen LogP contribution in [0.4, 0.5) is 11.4 Å². The monoisotopic (exact) mass is 317 g/mol. The number of benzene rings is 1. The van der Waals surface area contributed by atoms with Crippen molar-refractivity contribution in [3.63, 3.8) is 0 Å². The number of nitrogen functional groups attached to an aromatic ring is 1. The smallest absolute Gasteiger partial charge is 0.266 e. The lowest BCUT2D eigenvalue weighted by Crippen LogP contribution is -2.30. The number of imide groups is 1. The Morgan fingerprint density at radius 2 is 1.84 bits per heavy atom. The van der Waals surface area contributed by atoms with Gasteiger partial charge in [-0.25, -0.2) is 4.90 Å². The van der Waals surface area contributed by atoms with Gasteiger partial charge in [-0.3, -0.25) is 14.6 Å². The highest BCUT2D eigenvalue weighted by molar-refractivity contribution is 9.10. The summed E-state index contributed by atoms with van der Waals surface area (Å²) in [6.45, 7) is 0. The highest BCUT2D eigenvalue weighted by atomic mass is 79.9. The normalized spacial score (nSPS) is 13.8. The Kier molecular flexibility index (Phi) is 2.60. The van der Waals surface area contributed by atoms with Gasteiger partial charge in [0.05, 0.1) is 28.7 Å². The van der Waals surface area contributed by atoms with E-state index in [1.54, 1.807) is 24.3 Å². The summed E-state index contributed by atoms with van der Waals surface area (Å²) >= 11 is 3.29. The number of fused-ring (bicyclic) bond motifs is 1. The standard InChI is InChI=1S/C13H8BrN3O2/c14-7-1-2-8-9(5-7)13(19)17(12(8)18)11-3-4-16-6-10(11)15/h1-6H,15H2. The SMILES string of the molecule is Nc1cnccc1N1C(=O)c2ccc(Br)cc2C1=O. The molecule has 0 saturated heterocycles. The van der Waals surface area contributed by atoms with E-state index >= 15 is 0 Å². The summed E-state index contributed by atoms with van der Waals surface area (Å²) in [7, 11) is 0. The topological polar surface area (TPSA) is 76.3 Å². The molecule has 0 saturated carbocycles. The third kappa shape index (κ3) is 1.72. The third-order valence-electron chi connectivity index (χ3n) is 2.92. The number of carbonyl (C=O) groups excluding carboxylic acids is 2. The molecule has 1 aromatic carbocycles. The fraction of sp³-hybridized carbons (Fsp3) is 0. The number of aromatic nitrogens is 1. The van der Waals surface area contributed by atoms with Crippen molar-refractivity contribution < 1.29 is 9.59 Å². The summed E-state index contributed by atoms with van der Waals surface area (Å²) in [4.78, 5) is 29.5. The van der Waals surface area contributed by atoms with E-state index in [-0.39, 0.29) is 17.5 Å². The quantitative estimate of drug-likeness (QED) is 0.818.